The van der Waals surface area contributed by atoms with Crippen LogP contribution in [0.25, 0.3) is 0 Å². The lowest BCUT2D eigenvalue weighted by Gasteiger charge is -2.08. The van der Waals surface area contributed by atoms with Crippen molar-refractivity contribution in [2.45, 2.75) is 32.6 Å². The van der Waals surface area contributed by atoms with Crippen LogP contribution in [0.4, 0.5) is 0 Å². The van der Waals surface area contributed by atoms with Gasteiger partial charge < -0.3 is 9.84 Å². The van der Waals surface area contributed by atoms with Gasteiger partial charge in [-0.3, -0.25) is 4.79 Å². The van der Waals surface area contributed by atoms with Crippen LogP contribution in [-0.2, 0) is 11.2 Å². The molecule has 0 aliphatic carbocycles. The van der Waals surface area contributed by atoms with Crippen molar-refractivity contribution in [3.8, 4) is 5.75 Å². The Balaban J connectivity index is 2.66. The highest BCUT2D eigenvalue weighted by Crippen LogP contribution is 2.20. The first-order valence-electron chi connectivity index (χ1n) is 5.67. The molecule has 1 N–H and O–H groups in total. The molecule has 0 heterocycles. The number of rotatable bonds is 6. The van der Waals surface area contributed by atoms with Gasteiger partial charge in [0.1, 0.15) is 5.75 Å². The van der Waals surface area contributed by atoms with E-state index in [4.69, 9.17) is 9.84 Å². The van der Waals surface area contributed by atoms with E-state index in [0.29, 0.717) is 18.6 Å². The van der Waals surface area contributed by atoms with E-state index < -0.39 is 0 Å². The summed E-state index contributed by atoms with van der Waals surface area (Å²) in [5.41, 5.74) is 0.973. The molecule has 0 spiro atoms. The first-order valence-corrected chi connectivity index (χ1v) is 5.67. The Morgan fingerprint density at radius 1 is 1.38 bits per heavy atom. The normalized spacial score (nSPS) is 10.1. The molecule has 0 saturated carbocycles. The molecule has 0 saturated heterocycles. The molecule has 0 aliphatic rings. The summed E-state index contributed by atoms with van der Waals surface area (Å²) >= 11 is 0. The maximum absolute atomic E-state index is 11.4. The van der Waals surface area contributed by atoms with Crippen molar-refractivity contribution in [2.75, 3.05) is 6.61 Å². The highest BCUT2D eigenvalue weighted by molar-refractivity contribution is 5.72. The molecule has 0 atom stereocenters. The third kappa shape index (κ3) is 4.03. The Morgan fingerprint density at radius 3 is 2.81 bits per heavy atom. The number of benzene rings is 1. The zero-order chi connectivity index (χ0) is 11.8. The summed E-state index contributed by atoms with van der Waals surface area (Å²) in [6.07, 6.45) is 2.64. The van der Waals surface area contributed by atoms with Gasteiger partial charge in [-0.15, -0.1) is 0 Å². The summed E-state index contributed by atoms with van der Waals surface area (Å²) in [7, 11) is 0. The van der Waals surface area contributed by atoms with Crippen molar-refractivity contribution in [3.63, 3.8) is 0 Å². The van der Waals surface area contributed by atoms with Crippen LogP contribution in [0.5, 0.6) is 5.75 Å². The Bertz CT molecular complexity index is 334. The van der Waals surface area contributed by atoms with Gasteiger partial charge in [0.2, 0.25) is 0 Å². The largest absolute Gasteiger partial charge is 0.426 e. The predicted octanol–water partition coefficient (Wildman–Crippen LogP) is 2.32. The van der Waals surface area contributed by atoms with Gasteiger partial charge in [-0.05, 0) is 30.9 Å². The predicted molar refractivity (Wildman–Crippen MR) is 62.4 cm³/mol. The number of carbonyl (C=O) groups is 1. The molecule has 0 bridgehead atoms. The fraction of sp³-hybridized carbons (Fsp3) is 0.462. The number of aliphatic hydroxyl groups excluding tert-OH is 1. The first kappa shape index (κ1) is 12.7. The lowest BCUT2D eigenvalue weighted by Crippen LogP contribution is -2.08. The Labute approximate surface area is 96.1 Å². The third-order valence-corrected chi connectivity index (χ3v) is 2.25. The van der Waals surface area contributed by atoms with Crippen molar-refractivity contribution >= 4 is 5.97 Å². The van der Waals surface area contributed by atoms with Gasteiger partial charge in [0.25, 0.3) is 0 Å². The van der Waals surface area contributed by atoms with Crippen molar-refractivity contribution in [1.29, 1.82) is 0 Å². The Kier molecular flexibility index (Phi) is 5.57. The molecular formula is C13H18O3. The second-order valence-electron chi connectivity index (χ2n) is 3.66. The molecule has 0 radical (unpaired) electrons. The van der Waals surface area contributed by atoms with E-state index in [2.05, 4.69) is 0 Å². The summed E-state index contributed by atoms with van der Waals surface area (Å²) in [6, 6.07) is 7.46. The standard InChI is InChI=1S/C13H18O3/c1-2-6-13(15)16-12-9-4-3-7-11(12)8-5-10-14/h3-4,7,9,14H,2,5-6,8,10H2,1H3. The minimum absolute atomic E-state index is 0.150. The Morgan fingerprint density at radius 2 is 2.12 bits per heavy atom. The minimum Gasteiger partial charge on any atom is -0.426 e. The van der Waals surface area contributed by atoms with Crippen LogP contribution in [-0.4, -0.2) is 17.7 Å². The number of carbonyl (C=O) groups excluding carboxylic acids is 1. The second kappa shape index (κ2) is 7.01. The van der Waals surface area contributed by atoms with Crippen LogP contribution < -0.4 is 4.74 Å². The van der Waals surface area contributed by atoms with Gasteiger partial charge in [0.15, 0.2) is 0 Å². The Hall–Kier alpha value is -1.35. The van der Waals surface area contributed by atoms with Crippen molar-refractivity contribution in [2.24, 2.45) is 0 Å². The maximum Gasteiger partial charge on any atom is 0.311 e. The first-order chi connectivity index (χ1) is 7.77. The molecule has 16 heavy (non-hydrogen) atoms. The van der Waals surface area contributed by atoms with Crippen LogP contribution in [0, 0.1) is 0 Å². The van der Waals surface area contributed by atoms with Gasteiger partial charge in [0, 0.05) is 13.0 Å². The van der Waals surface area contributed by atoms with E-state index in [-0.39, 0.29) is 12.6 Å². The molecule has 0 aliphatic heterocycles. The molecule has 88 valence electrons. The summed E-state index contributed by atoms with van der Waals surface area (Å²) < 4.78 is 5.26. The van der Waals surface area contributed by atoms with E-state index in [0.717, 1.165) is 18.4 Å². The summed E-state index contributed by atoms with van der Waals surface area (Å²) in [5, 5.41) is 8.78. The lowest BCUT2D eigenvalue weighted by atomic mass is 10.1. The molecule has 0 unspecified atom stereocenters. The lowest BCUT2D eigenvalue weighted by molar-refractivity contribution is -0.134. The summed E-state index contributed by atoms with van der Waals surface area (Å²) in [5.74, 6) is 0.424. The molecule has 3 heteroatoms. The van der Waals surface area contributed by atoms with E-state index in [1.165, 1.54) is 0 Å². The summed E-state index contributed by atoms with van der Waals surface area (Å²) in [4.78, 5) is 11.4. The van der Waals surface area contributed by atoms with Gasteiger partial charge in [-0.2, -0.15) is 0 Å². The zero-order valence-corrected chi connectivity index (χ0v) is 9.61. The molecular weight excluding hydrogens is 204 g/mol. The van der Waals surface area contributed by atoms with Gasteiger partial charge in [-0.1, -0.05) is 25.1 Å². The number of ether oxygens (including phenoxy) is 1. The van der Waals surface area contributed by atoms with Crippen molar-refractivity contribution < 1.29 is 14.6 Å². The van der Waals surface area contributed by atoms with Gasteiger partial charge >= 0.3 is 5.97 Å². The highest BCUT2D eigenvalue weighted by atomic mass is 16.5. The van der Waals surface area contributed by atoms with Gasteiger partial charge in [-0.25, -0.2) is 0 Å². The molecule has 0 fully saturated rings. The molecule has 1 aromatic rings. The molecule has 0 aromatic heterocycles. The number of esters is 1. The van der Waals surface area contributed by atoms with Gasteiger partial charge in [0.05, 0.1) is 0 Å². The average molecular weight is 222 g/mol. The SMILES string of the molecule is CCCC(=O)Oc1ccccc1CCCO. The monoisotopic (exact) mass is 222 g/mol. The van der Waals surface area contributed by atoms with E-state index >= 15 is 0 Å². The van der Waals surface area contributed by atoms with Crippen LogP contribution in [0.2, 0.25) is 0 Å². The quantitative estimate of drug-likeness (QED) is 0.593. The second-order valence-corrected chi connectivity index (χ2v) is 3.66. The van der Waals surface area contributed by atoms with Crippen LogP contribution in [0.3, 0.4) is 0 Å². The highest BCUT2D eigenvalue weighted by Gasteiger charge is 2.07. The van der Waals surface area contributed by atoms with E-state index in [1.54, 1.807) is 6.07 Å². The molecule has 1 rings (SSSR count). The maximum atomic E-state index is 11.4. The fourth-order valence-electron chi connectivity index (χ4n) is 1.46. The number of aryl methyl sites for hydroxylation is 1. The van der Waals surface area contributed by atoms with Crippen LogP contribution in [0.15, 0.2) is 24.3 Å². The van der Waals surface area contributed by atoms with Crippen molar-refractivity contribution in [3.05, 3.63) is 29.8 Å². The van der Waals surface area contributed by atoms with Crippen LogP contribution in [0.1, 0.15) is 31.7 Å². The molecule has 3 nitrogen and oxygen atoms in total. The number of aliphatic hydroxyl groups is 1. The fourth-order valence-corrected chi connectivity index (χ4v) is 1.46. The number of hydrogen-bond donors (Lipinski definition) is 1. The zero-order valence-electron chi connectivity index (χ0n) is 9.61. The summed E-state index contributed by atoms with van der Waals surface area (Å²) in [6.45, 7) is 2.09. The van der Waals surface area contributed by atoms with Crippen LogP contribution >= 0.6 is 0 Å². The average Bonchev–Trinajstić information content (AvgIpc) is 2.28. The van der Waals surface area contributed by atoms with Crippen molar-refractivity contribution in [1.82, 2.24) is 0 Å². The topological polar surface area (TPSA) is 46.5 Å². The number of para-hydroxylation sites is 1. The minimum atomic E-state index is -0.195. The molecule has 0 amide bonds. The van der Waals surface area contributed by atoms with E-state index in [1.807, 2.05) is 25.1 Å². The number of hydrogen-bond acceptors (Lipinski definition) is 3. The van der Waals surface area contributed by atoms with E-state index in [9.17, 15) is 4.79 Å². The third-order valence-electron chi connectivity index (χ3n) is 2.25. The molecule has 1 aromatic carbocycles. The smallest absolute Gasteiger partial charge is 0.311 e.